The maximum absolute atomic E-state index is 12.4. The van der Waals surface area contributed by atoms with Gasteiger partial charge in [0.25, 0.3) is 0 Å². The molecule has 0 heterocycles. The molecule has 0 saturated heterocycles. The number of ether oxygens (including phenoxy) is 1. The van der Waals surface area contributed by atoms with Gasteiger partial charge in [0.1, 0.15) is 5.75 Å². The summed E-state index contributed by atoms with van der Waals surface area (Å²) in [4.78, 5) is 14.0. The second-order valence-electron chi connectivity index (χ2n) is 3.27. The van der Waals surface area contributed by atoms with Gasteiger partial charge in [0.05, 0.1) is 12.7 Å². The van der Waals surface area contributed by atoms with Crippen LogP contribution in [0.5, 0.6) is 5.75 Å². The monoisotopic (exact) mass is 289 g/mol. The van der Waals surface area contributed by atoms with Crippen LogP contribution in [0.1, 0.15) is 15.9 Å². The first-order valence-electron chi connectivity index (χ1n) is 4.70. The van der Waals surface area contributed by atoms with Gasteiger partial charge in [-0.2, -0.15) is 8.42 Å². The second kappa shape index (κ2) is 5.55. The van der Waals surface area contributed by atoms with Crippen LogP contribution in [0.2, 0.25) is 0 Å². The summed E-state index contributed by atoms with van der Waals surface area (Å²) in [5.41, 5.74) is 8.42. The quantitative estimate of drug-likeness (QED) is 0.277. The molecular weight excluding hydrogens is 281 g/mol. The predicted octanol–water partition coefficient (Wildman–Crippen LogP) is 2.32. The zero-order valence-electron chi connectivity index (χ0n) is 9.82. The van der Waals surface area contributed by atoms with E-state index in [1.807, 2.05) is 0 Å². The lowest BCUT2D eigenvalue weighted by Crippen LogP contribution is -2.06. The lowest BCUT2D eigenvalue weighted by Gasteiger charge is -2.09. The van der Waals surface area contributed by atoms with E-state index in [0.717, 1.165) is 19.2 Å². The van der Waals surface area contributed by atoms with Crippen LogP contribution in [-0.4, -0.2) is 21.5 Å². The third-order valence-corrected chi connectivity index (χ3v) is 2.50. The smallest absolute Gasteiger partial charge is 0.465 e. The maximum Gasteiger partial charge on any atom is 0.488 e. The summed E-state index contributed by atoms with van der Waals surface area (Å²) >= 11 is 0. The first kappa shape index (κ1) is 14.7. The molecule has 0 aliphatic heterocycles. The van der Waals surface area contributed by atoms with Crippen LogP contribution in [0.4, 0.5) is 9.57 Å². The van der Waals surface area contributed by atoms with Gasteiger partial charge in [0, 0.05) is 10.6 Å². The van der Waals surface area contributed by atoms with Gasteiger partial charge >= 0.3 is 16.5 Å². The minimum absolute atomic E-state index is 0.0796. The average molecular weight is 289 g/mol. The Hall–Kier alpha value is -2.32. The summed E-state index contributed by atoms with van der Waals surface area (Å²) in [5.74, 6) is -1.32. The van der Waals surface area contributed by atoms with Crippen molar-refractivity contribution in [2.24, 2.45) is 5.11 Å². The Bertz CT molecular complexity index is 667. The Morgan fingerprint density at radius 3 is 2.58 bits per heavy atom. The molecule has 0 aliphatic rings. The van der Waals surface area contributed by atoms with Crippen molar-refractivity contribution in [3.05, 3.63) is 33.7 Å². The molecule has 0 bridgehead atoms. The highest BCUT2D eigenvalue weighted by Crippen LogP contribution is 2.30. The summed E-state index contributed by atoms with van der Waals surface area (Å²) in [7, 11) is -4.15. The molecule has 0 radical (unpaired) electrons. The van der Waals surface area contributed by atoms with Crippen LogP contribution in [0.25, 0.3) is 10.4 Å². The molecule has 0 saturated carbocycles. The zero-order chi connectivity index (χ0) is 14.6. The molecule has 0 aromatic heterocycles. The van der Waals surface area contributed by atoms with E-state index in [4.69, 9.17) is 5.53 Å². The zero-order valence-corrected chi connectivity index (χ0v) is 10.6. The number of esters is 1. The number of hydrogen-bond donors (Lipinski definition) is 0. The van der Waals surface area contributed by atoms with Crippen LogP contribution in [0.15, 0.2) is 17.2 Å². The molecule has 19 heavy (non-hydrogen) atoms. The van der Waals surface area contributed by atoms with E-state index < -0.39 is 22.2 Å². The molecule has 0 atom stereocenters. The Morgan fingerprint density at radius 2 is 2.11 bits per heavy atom. The Morgan fingerprint density at radius 1 is 1.47 bits per heavy atom. The maximum atomic E-state index is 12.4. The van der Waals surface area contributed by atoms with E-state index in [0.29, 0.717) is 0 Å². The molecule has 8 nitrogen and oxygen atoms in total. The van der Waals surface area contributed by atoms with E-state index in [1.54, 1.807) is 0 Å². The SMILES string of the molecule is COC(=O)c1cc(OS(=O)(=O)F)cc(N=[N+]=[N-])c1C. The summed E-state index contributed by atoms with van der Waals surface area (Å²) < 4.78 is 41.7. The van der Waals surface area contributed by atoms with E-state index in [9.17, 15) is 17.1 Å². The number of halogens is 1. The highest BCUT2D eigenvalue weighted by Gasteiger charge is 2.17. The number of methoxy groups -OCH3 is 1. The highest BCUT2D eigenvalue weighted by molar-refractivity contribution is 7.81. The Kier molecular flexibility index (Phi) is 4.30. The van der Waals surface area contributed by atoms with Gasteiger partial charge in [-0.05, 0) is 30.2 Å². The van der Waals surface area contributed by atoms with Gasteiger partial charge < -0.3 is 8.92 Å². The summed E-state index contributed by atoms with van der Waals surface area (Å²) in [6.45, 7) is 1.45. The van der Waals surface area contributed by atoms with Gasteiger partial charge in [-0.15, -0.1) is 0 Å². The number of benzene rings is 1. The third-order valence-electron chi connectivity index (χ3n) is 2.11. The standard InChI is InChI=1S/C9H8FN3O5S/c1-5-7(9(14)17-2)3-6(18-19(10,15)16)4-8(5)12-13-11/h3-4H,1-2H3. The van der Waals surface area contributed by atoms with Gasteiger partial charge in [-0.3, -0.25) is 0 Å². The molecule has 10 heteroatoms. The number of hydrogen-bond acceptors (Lipinski definition) is 6. The van der Waals surface area contributed by atoms with Crippen LogP contribution in [-0.2, 0) is 15.2 Å². The minimum atomic E-state index is -5.26. The molecule has 0 aliphatic carbocycles. The first-order valence-corrected chi connectivity index (χ1v) is 6.01. The van der Waals surface area contributed by atoms with Gasteiger partial charge in [-0.1, -0.05) is 9.00 Å². The van der Waals surface area contributed by atoms with Crippen molar-refractivity contribution in [1.29, 1.82) is 0 Å². The van der Waals surface area contributed by atoms with E-state index in [2.05, 4.69) is 18.9 Å². The van der Waals surface area contributed by atoms with Crippen molar-refractivity contribution in [2.45, 2.75) is 6.92 Å². The van der Waals surface area contributed by atoms with Crippen molar-refractivity contribution in [3.8, 4) is 5.75 Å². The molecule has 1 aromatic carbocycles. The summed E-state index contributed by atoms with van der Waals surface area (Å²) in [6.07, 6.45) is 0. The average Bonchev–Trinajstić information content (AvgIpc) is 2.30. The molecule has 102 valence electrons. The molecule has 0 unspecified atom stereocenters. The Labute approximate surface area is 107 Å². The lowest BCUT2D eigenvalue weighted by atomic mass is 10.1. The molecule has 1 aromatic rings. The lowest BCUT2D eigenvalue weighted by molar-refractivity contribution is 0.0599. The van der Waals surface area contributed by atoms with Crippen LogP contribution < -0.4 is 4.18 Å². The van der Waals surface area contributed by atoms with Crippen LogP contribution in [0.3, 0.4) is 0 Å². The van der Waals surface area contributed by atoms with Crippen molar-refractivity contribution in [1.82, 2.24) is 0 Å². The van der Waals surface area contributed by atoms with Crippen molar-refractivity contribution in [3.63, 3.8) is 0 Å². The normalized spacial score (nSPS) is 10.5. The summed E-state index contributed by atoms with van der Waals surface area (Å²) in [5, 5.41) is 3.25. The summed E-state index contributed by atoms with van der Waals surface area (Å²) in [6, 6.07) is 1.95. The van der Waals surface area contributed by atoms with Crippen molar-refractivity contribution >= 4 is 22.2 Å². The topological polar surface area (TPSA) is 118 Å². The minimum Gasteiger partial charge on any atom is -0.465 e. The fourth-order valence-corrected chi connectivity index (χ4v) is 1.64. The van der Waals surface area contributed by atoms with Gasteiger partial charge in [0.15, 0.2) is 0 Å². The van der Waals surface area contributed by atoms with Gasteiger partial charge in [-0.25, -0.2) is 4.79 Å². The van der Waals surface area contributed by atoms with E-state index in [-0.39, 0.29) is 16.8 Å². The predicted molar refractivity (Wildman–Crippen MR) is 62.0 cm³/mol. The van der Waals surface area contributed by atoms with E-state index >= 15 is 0 Å². The van der Waals surface area contributed by atoms with Crippen molar-refractivity contribution < 1.29 is 26.0 Å². The number of azide groups is 1. The number of rotatable bonds is 4. The number of carbonyl (C=O) groups excluding carboxylic acids is 1. The molecule has 0 fully saturated rings. The highest BCUT2D eigenvalue weighted by atomic mass is 32.3. The van der Waals surface area contributed by atoms with Crippen LogP contribution >= 0.6 is 0 Å². The molecule has 1 rings (SSSR count). The molecule has 0 amide bonds. The molecule has 0 N–H and O–H groups in total. The van der Waals surface area contributed by atoms with E-state index in [1.165, 1.54) is 6.92 Å². The number of nitrogens with zero attached hydrogens (tertiary/aromatic N) is 3. The Balaban J connectivity index is 3.47. The fraction of sp³-hybridized carbons (Fsp3) is 0.222. The number of carbonyl (C=O) groups is 1. The van der Waals surface area contributed by atoms with Crippen LogP contribution in [0, 0.1) is 6.92 Å². The molecule has 0 spiro atoms. The first-order chi connectivity index (χ1) is 8.78. The third kappa shape index (κ3) is 3.83. The largest absolute Gasteiger partial charge is 0.488 e. The van der Waals surface area contributed by atoms with Gasteiger partial charge in [0.2, 0.25) is 0 Å². The van der Waals surface area contributed by atoms with Crippen molar-refractivity contribution in [2.75, 3.05) is 7.11 Å². The second-order valence-corrected chi connectivity index (χ2v) is 4.23. The molecular formula is C9H8FN3O5S. The fourth-order valence-electron chi connectivity index (χ4n) is 1.31.